The van der Waals surface area contributed by atoms with Crippen LogP contribution in [-0.4, -0.2) is 21.4 Å². The van der Waals surface area contributed by atoms with Gasteiger partial charge in [-0.25, -0.2) is 13.8 Å². The molecule has 0 amide bonds. The summed E-state index contributed by atoms with van der Waals surface area (Å²) in [6.07, 6.45) is -4.02. The third kappa shape index (κ3) is 4.11. The van der Waals surface area contributed by atoms with Gasteiger partial charge in [-0.3, -0.25) is 9.69 Å². The van der Waals surface area contributed by atoms with Crippen LogP contribution in [0.4, 0.5) is 22.0 Å². The number of nitrogens with one attached hydrogen (secondary N) is 1. The number of hydrogen-bond acceptors (Lipinski definition) is 3. The van der Waals surface area contributed by atoms with Crippen molar-refractivity contribution in [2.45, 2.75) is 25.7 Å². The average molecular weight is 421 g/mol. The zero-order chi connectivity index (χ0) is 21.5. The molecule has 156 valence electrons. The molecule has 0 fully saturated rings. The molecule has 1 N–H and O–H groups in total. The first-order valence-corrected chi connectivity index (χ1v) is 9.16. The molecule has 4 rings (SSSR count). The Bertz CT molecular complexity index is 1140. The Balaban J connectivity index is 1.58. The molecule has 0 unspecified atom stereocenters. The van der Waals surface area contributed by atoms with Gasteiger partial charge in [0.1, 0.15) is 5.82 Å². The fraction of sp³-hybridized carbons (Fsp3) is 0.238. The van der Waals surface area contributed by atoms with E-state index >= 15 is 0 Å². The predicted molar refractivity (Wildman–Crippen MR) is 99.5 cm³/mol. The fourth-order valence-electron chi connectivity index (χ4n) is 3.48. The third-order valence-corrected chi connectivity index (χ3v) is 5.03. The highest BCUT2D eigenvalue weighted by molar-refractivity contribution is 5.56. The van der Waals surface area contributed by atoms with Crippen molar-refractivity contribution in [2.24, 2.45) is 0 Å². The maximum atomic E-state index is 13.4. The standard InChI is InChI=1S/C21H16F5N3O/c22-16-6-1-12(9-17(16)23)10-29-8-7-15-18(11-29)27-19(28-20(15)30)13-2-4-14(5-3-13)21(24,25)26/h1-6,9H,7-8,10-11H2,(H,27,28,30). The molecular formula is C21H16F5N3O. The molecule has 0 atom stereocenters. The number of fused-ring (bicyclic) bond motifs is 1. The number of benzene rings is 2. The Kier molecular flexibility index (Phi) is 5.15. The molecule has 4 nitrogen and oxygen atoms in total. The minimum absolute atomic E-state index is 0.183. The normalized spacial score (nSPS) is 14.6. The van der Waals surface area contributed by atoms with E-state index in [2.05, 4.69) is 9.97 Å². The Hall–Kier alpha value is -3.07. The second-order valence-corrected chi connectivity index (χ2v) is 7.12. The lowest BCUT2D eigenvalue weighted by molar-refractivity contribution is -0.137. The van der Waals surface area contributed by atoms with Crippen molar-refractivity contribution >= 4 is 0 Å². The Morgan fingerprint density at radius 3 is 2.43 bits per heavy atom. The van der Waals surface area contributed by atoms with E-state index in [1.54, 1.807) is 0 Å². The van der Waals surface area contributed by atoms with Gasteiger partial charge in [-0.2, -0.15) is 13.2 Å². The molecule has 9 heteroatoms. The lowest BCUT2D eigenvalue weighted by Crippen LogP contribution is -2.35. The molecule has 0 saturated carbocycles. The monoisotopic (exact) mass is 421 g/mol. The maximum absolute atomic E-state index is 13.4. The van der Waals surface area contributed by atoms with Crippen LogP contribution in [0.25, 0.3) is 11.4 Å². The molecular weight excluding hydrogens is 405 g/mol. The van der Waals surface area contributed by atoms with E-state index < -0.39 is 23.4 Å². The van der Waals surface area contributed by atoms with Crippen LogP contribution in [0, 0.1) is 11.6 Å². The number of alkyl halides is 3. The van der Waals surface area contributed by atoms with Gasteiger partial charge in [0.25, 0.3) is 5.56 Å². The highest BCUT2D eigenvalue weighted by Crippen LogP contribution is 2.30. The first-order chi connectivity index (χ1) is 14.2. The molecule has 1 aliphatic rings. The molecule has 0 bridgehead atoms. The van der Waals surface area contributed by atoms with Crippen LogP contribution >= 0.6 is 0 Å². The van der Waals surface area contributed by atoms with Crippen LogP contribution in [-0.2, 0) is 25.7 Å². The Labute approximate surface area is 168 Å². The minimum atomic E-state index is -4.45. The van der Waals surface area contributed by atoms with Crippen molar-refractivity contribution in [1.29, 1.82) is 0 Å². The zero-order valence-electron chi connectivity index (χ0n) is 15.6. The van der Waals surface area contributed by atoms with Crippen LogP contribution in [0.2, 0.25) is 0 Å². The minimum Gasteiger partial charge on any atom is -0.306 e. The largest absolute Gasteiger partial charge is 0.416 e. The molecule has 1 aliphatic heterocycles. The van der Waals surface area contributed by atoms with E-state index in [1.165, 1.54) is 18.2 Å². The molecule has 2 heterocycles. The summed E-state index contributed by atoms with van der Waals surface area (Å²) in [4.78, 5) is 21.5. The van der Waals surface area contributed by atoms with Gasteiger partial charge in [0.05, 0.1) is 11.3 Å². The van der Waals surface area contributed by atoms with Gasteiger partial charge < -0.3 is 4.98 Å². The van der Waals surface area contributed by atoms with E-state index in [-0.39, 0.29) is 11.4 Å². The summed E-state index contributed by atoms with van der Waals surface area (Å²) in [7, 11) is 0. The van der Waals surface area contributed by atoms with E-state index in [4.69, 9.17) is 0 Å². The summed E-state index contributed by atoms with van der Waals surface area (Å²) in [6.45, 7) is 1.20. The summed E-state index contributed by atoms with van der Waals surface area (Å²) in [5.74, 6) is -1.66. The quantitative estimate of drug-likeness (QED) is 0.642. The third-order valence-electron chi connectivity index (χ3n) is 5.03. The first kappa shape index (κ1) is 20.2. The molecule has 0 spiro atoms. The van der Waals surface area contributed by atoms with Gasteiger partial charge in [0, 0.05) is 30.8 Å². The van der Waals surface area contributed by atoms with Crippen LogP contribution in [0.5, 0.6) is 0 Å². The van der Waals surface area contributed by atoms with Gasteiger partial charge in [0.2, 0.25) is 0 Å². The maximum Gasteiger partial charge on any atom is 0.416 e. The SMILES string of the molecule is O=c1[nH]c(-c2ccc(C(F)(F)F)cc2)nc2c1CCN(Cc1ccc(F)c(F)c1)C2. The summed E-state index contributed by atoms with van der Waals surface area (Å²) in [5, 5.41) is 0. The zero-order valence-corrected chi connectivity index (χ0v) is 15.6. The van der Waals surface area contributed by atoms with Crippen molar-refractivity contribution in [3.8, 4) is 11.4 Å². The summed E-state index contributed by atoms with van der Waals surface area (Å²) < 4.78 is 64.8. The second-order valence-electron chi connectivity index (χ2n) is 7.12. The van der Waals surface area contributed by atoms with E-state index in [1.807, 2.05) is 4.90 Å². The van der Waals surface area contributed by atoms with E-state index in [9.17, 15) is 26.7 Å². The smallest absolute Gasteiger partial charge is 0.306 e. The number of halogens is 5. The van der Waals surface area contributed by atoms with Crippen LogP contribution < -0.4 is 5.56 Å². The van der Waals surface area contributed by atoms with Gasteiger partial charge in [-0.05, 0) is 36.2 Å². The molecule has 0 saturated heterocycles. The molecule has 0 aliphatic carbocycles. The van der Waals surface area contributed by atoms with Gasteiger partial charge >= 0.3 is 6.18 Å². The number of nitrogens with zero attached hydrogens (tertiary/aromatic N) is 2. The number of H-pyrrole nitrogens is 1. The van der Waals surface area contributed by atoms with Crippen molar-refractivity contribution in [3.63, 3.8) is 0 Å². The summed E-state index contributed by atoms with van der Waals surface area (Å²) >= 11 is 0. The van der Waals surface area contributed by atoms with Crippen molar-refractivity contribution < 1.29 is 22.0 Å². The molecule has 2 aromatic carbocycles. The molecule has 30 heavy (non-hydrogen) atoms. The highest BCUT2D eigenvalue weighted by atomic mass is 19.4. The van der Waals surface area contributed by atoms with Gasteiger partial charge in [-0.1, -0.05) is 18.2 Å². The van der Waals surface area contributed by atoms with Crippen LogP contribution in [0.3, 0.4) is 0 Å². The summed E-state index contributed by atoms with van der Waals surface area (Å²) in [6, 6.07) is 8.07. The van der Waals surface area contributed by atoms with Crippen molar-refractivity contribution in [2.75, 3.05) is 6.54 Å². The topological polar surface area (TPSA) is 49.0 Å². The Morgan fingerprint density at radius 2 is 1.77 bits per heavy atom. The predicted octanol–water partition coefficient (Wildman–Crippen LogP) is 4.29. The lowest BCUT2D eigenvalue weighted by atomic mass is 10.0. The molecule has 0 radical (unpaired) electrons. The van der Waals surface area contributed by atoms with Gasteiger partial charge in [-0.15, -0.1) is 0 Å². The van der Waals surface area contributed by atoms with Crippen LogP contribution in [0.15, 0.2) is 47.3 Å². The molecule has 3 aromatic rings. The number of rotatable bonds is 3. The summed E-state index contributed by atoms with van der Waals surface area (Å²) in [5.41, 5.74) is 0.868. The second kappa shape index (κ2) is 7.64. The Morgan fingerprint density at radius 1 is 1.03 bits per heavy atom. The van der Waals surface area contributed by atoms with Gasteiger partial charge in [0.15, 0.2) is 11.6 Å². The van der Waals surface area contributed by atoms with E-state index in [0.717, 1.165) is 24.3 Å². The fourth-order valence-corrected chi connectivity index (χ4v) is 3.48. The average Bonchev–Trinajstić information content (AvgIpc) is 2.70. The highest BCUT2D eigenvalue weighted by Gasteiger charge is 2.30. The van der Waals surface area contributed by atoms with E-state index in [0.29, 0.717) is 48.4 Å². The van der Waals surface area contributed by atoms with Crippen LogP contribution in [0.1, 0.15) is 22.4 Å². The number of aromatic amines is 1. The van der Waals surface area contributed by atoms with Crippen molar-refractivity contribution in [1.82, 2.24) is 14.9 Å². The first-order valence-electron chi connectivity index (χ1n) is 9.16. The number of hydrogen-bond donors (Lipinski definition) is 1. The van der Waals surface area contributed by atoms with Crippen molar-refractivity contribution in [3.05, 3.63) is 86.8 Å². The lowest BCUT2D eigenvalue weighted by Gasteiger charge is -2.27. The molecule has 1 aromatic heterocycles. The number of aromatic nitrogens is 2.